The topological polar surface area (TPSA) is 71.0 Å². The molecule has 1 atom stereocenters. The van der Waals surface area contributed by atoms with Crippen molar-refractivity contribution in [2.24, 2.45) is 4.99 Å². The summed E-state index contributed by atoms with van der Waals surface area (Å²) in [5, 5.41) is 2.87. The van der Waals surface area contributed by atoms with Crippen LogP contribution < -0.4 is 15.0 Å². The van der Waals surface area contributed by atoms with E-state index >= 15 is 0 Å². The van der Waals surface area contributed by atoms with Crippen molar-refractivity contribution in [1.29, 1.82) is 0 Å². The number of hydrogen-bond donors (Lipinski definition) is 1. The van der Waals surface area contributed by atoms with Crippen LogP contribution >= 0.6 is 11.8 Å². The molecule has 0 aromatic heterocycles. The van der Waals surface area contributed by atoms with Crippen molar-refractivity contribution in [3.63, 3.8) is 0 Å². The molecule has 4 rings (SSSR count). The maximum atomic E-state index is 13.2. The molecule has 1 N–H and O–H groups in total. The molecule has 1 aliphatic heterocycles. The first-order valence-electron chi connectivity index (χ1n) is 10.4. The summed E-state index contributed by atoms with van der Waals surface area (Å²) < 4.78 is 5.42. The molecule has 0 aliphatic carbocycles. The summed E-state index contributed by atoms with van der Waals surface area (Å²) in [4.78, 5) is 32.2. The van der Waals surface area contributed by atoms with E-state index in [-0.39, 0.29) is 18.2 Å². The zero-order chi connectivity index (χ0) is 22.3. The van der Waals surface area contributed by atoms with Crippen LogP contribution in [0, 0.1) is 0 Å². The maximum Gasteiger partial charge on any atom is 0.247 e. The third-order valence-electron chi connectivity index (χ3n) is 4.75. The Morgan fingerprint density at radius 1 is 1.00 bits per heavy atom. The first kappa shape index (κ1) is 21.6. The van der Waals surface area contributed by atoms with Crippen molar-refractivity contribution < 1.29 is 14.3 Å². The number of carbonyl (C=O) groups is 2. The molecule has 1 fully saturated rings. The van der Waals surface area contributed by atoms with Crippen LogP contribution in [-0.2, 0) is 9.59 Å². The van der Waals surface area contributed by atoms with Gasteiger partial charge in [-0.2, -0.15) is 0 Å². The number of para-hydroxylation sites is 2. The van der Waals surface area contributed by atoms with Gasteiger partial charge in [-0.25, -0.2) is 4.99 Å². The highest BCUT2D eigenvalue weighted by Gasteiger charge is 2.40. The smallest absolute Gasteiger partial charge is 0.247 e. The van der Waals surface area contributed by atoms with Crippen molar-refractivity contribution in [2.45, 2.75) is 18.6 Å². The van der Waals surface area contributed by atoms with Gasteiger partial charge in [-0.3, -0.25) is 14.5 Å². The molecule has 0 unspecified atom stereocenters. The Morgan fingerprint density at radius 2 is 1.66 bits per heavy atom. The zero-order valence-electron chi connectivity index (χ0n) is 17.6. The van der Waals surface area contributed by atoms with Gasteiger partial charge in [0.2, 0.25) is 11.8 Å². The minimum Gasteiger partial charge on any atom is -0.494 e. The van der Waals surface area contributed by atoms with Gasteiger partial charge >= 0.3 is 0 Å². The molecule has 0 spiro atoms. The quantitative estimate of drug-likeness (QED) is 0.539. The SMILES string of the molecule is CCOc1ccc(NC(=O)C[C@H]2SC(=Nc3ccccc3)N(c3ccccc3)C2=O)cc1. The highest BCUT2D eigenvalue weighted by molar-refractivity contribution is 8.16. The summed E-state index contributed by atoms with van der Waals surface area (Å²) in [6.07, 6.45) is 0.0495. The van der Waals surface area contributed by atoms with E-state index in [4.69, 9.17) is 4.74 Å². The van der Waals surface area contributed by atoms with Crippen LogP contribution in [0.15, 0.2) is 89.9 Å². The first-order chi connectivity index (χ1) is 15.6. The van der Waals surface area contributed by atoms with Gasteiger partial charge < -0.3 is 10.1 Å². The second kappa shape index (κ2) is 10.2. The Hall–Kier alpha value is -3.58. The normalized spacial score (nSPS) is 16.9. The Morgan fingerprint density at radius 3 is 2.31 bits per heavy atom. The average Bonchev–Trinajstić information content (AvgIpc) is 3.11. The van der Waals surface area contributed by atoms with E-state index in [1.54, 1.807) is 29.2 Å². The molecule has 1 aliphatic rings. The fraction of sp³-hybridized carbons (Fsp3) is 0.160. The number of amides is 2. The number of nitrogens with one attached hydrogen (secondary N) is 1. The predicted molar refractivity (Wildman–Crippen MR) is 130 cm³/mol. The lowest BCUT2D eigenvalue weighted by atomic mass is 10.2. The molecule has 2 amide bonds. The fourth-order valence-electron chi connectivity index (χ4n) is 3.28. The third kappa shape index (κ3) is 5.18. The molecule has 3 aromatic rings. The number of aliphatic imine (C=N–C) groups is 1. The maximum absolute atomic E-state index is 13.2. The number of nitrogens with zero attached hydrogens (tertiary/aromatic N) is 2. The van der Waals surface area contributed by atoms with Crippen LogP contribution in [-0.4, -0.2) is 28.8 Å². The van der Waals surface area contributed by atoms with E-state index in [1.165, 1.54) is 11.8 Å². The number of amidine groups is 1. The van der Waals surface area contributed by atoms with E-state index in [1.807, 2.05) is 67.6 Å². The van der Waals surface area contributed by atoms with Gasteiger partial charge in [0.05, 0.1) is 18.0 Å². The van der Waals surface area contributed by atoms with Crippen molar-refractivity contribution in [3.05, 3.63) is 84.9 Å². The lowest BCUT2D eigenvalue weighted by molar-refractivity contribution is -0.121. The molecule has 1 saturated heterocycles. The van der Waals surface area contributed by atoms with Crippen LogP contribution in [0.4, 0.5) is 17.1 Å². The summed E-state index contributed by atoms with van der Waals surface area (Å²) in [5.41, 5.74) is 2.14. The molecule has 32 heavy (non-hydrogen) atoms. The third-order valence-corrected chi connectivity index (χ3v) is 5.89. The van der Waals surface area contributed by atoms with Crippen molar-refractivity contribution in [3.8, 4) is 5.75 Å². The van der Waals surface area contributed by atoms with E-state index < -0.39 is 5.25 Å². The second-order valence-corrected chi connectivity index (χ2v) is 8.23. The van der Waals surface area contributed by atoms with Crippen LogP contribution in [0.25, 0.3) is 0 Å². The largest absolute Gasteiger partial charge is 0.494 e. The molecule has 7 heteroatoms. The number of anilines is 2. The number of ether oxygens (including phenoxy) is 1. The predicted octanol–water partition coefficient (Wildman–Crippen LogP) is 5.25. The summed E-state index contributed by atoms with van der Waals surface area (Å²) in [5.74, 6) is 0.360. The van der Waals surface area contributed by atoms with Gasteiger partial charge in [0.1, 0.15) is 11.0 Å². The van der Waals surface area contributed by atoms with Gasteiger partial charge in [-0.1, -0.05) is 48.2 Å². The number of carbonyl (C=O) groups excluding carboxylic acids is 2. The van der Waals surface area contributed by atoms with Crippen LogP contribution in [0.5, 0.6) is 5.75 Å². The first-order valence-corrected chi connectivity index (χ1v) is 11.2. The van der Waals surface area contributed by atoms with Crippen molar-refractivity contribution >= 4 is 45.8 Å². The molecule has 6 nitrogen and oxygen atoms in total. The number of benzene rings is 3. The van der Waals surface area contributed by atoms with Crippen LogP contribution in [0.3, 0.4) is 0 Å². The van der Waals surface area contributed by atoms with Crippen molar-refractivity contribution in [1.82, 2.24) is 0 Å². The summed E-state index contributed by atoms with van der Waals surface area (Å²) in [6, 6.07) is 26.0. The highest BCUT2D eigenvalue weighted by atomic mass is 32.2. The van der Waals surface area contributed by atoms with Gasteiger partial charge in [0, 0.05) is 12.1 Å². The van der Waals surface area contributed by atoms with E-state index in [9.17, 15) is 9.59 Å². The highest BCUT2D eigenvalue weighted by Crippen LogP contribution is 2.35. The summed E-state index contributed by atoms with van der Waals surface area (Å²) in [7, 11) is 0. The molecule has 162 valence electrons. The van der Waals surface area contributed by atoms with Gasteiger partial charge in [0.15, 0.2) is 5.17 Å². The summed E-state index contributed by atoms with van der Waals surface area (Å²) in [6.45, 7) is 2.50. The van der Waals surface area contributed by atoms with Gasteiger partial charge in [0.25, 0.3) is 0 Å². The number of thioether (sulfide) groups is 1. The molecule has 0 radical (unpaired) electrons. The Balaban J connectivity index is 1.51. The van der Waals surface area contributed by atoms with Crippen molar-refractivity contribution in [2.75, 3.05) is 16.8 Å². The van der Waals surface area contributed by atoms with Crippen LogP contribution in [0.2, 0.25) is 0 Å². The second-order valence-electron chi connectivity index (χ2n) is 7.06. The Bertz CT molecular complexity index is 1100. The molecule has 0 saturated carbocycles. The number of hydrogen-bond acceptors (Lipinski definition) is 5. The fourth-order valence-corrected chi connectivity index (χ4v) is 4.44. The standard InChI is InChI=1S/C25H23N3O3S/c1-2-31-21-15-13-19(14-16-21)26-23(29)17-22-24(30)28(20-11-7-4-8-12-20)25(32-22)27-18-9-5-3-6-10-18/h3-16,22H,2,17H2,1H3,(H,26,29)/t22-/m1/s1. The lowest BCUT2D eigenvalue weighted by Gasteiger charge is -2.16. The van der Waals surface area contributed by atoms with Gasteiger partial charge in [-0.15, -0.1) is 0 Å². The van der Waals surface area contributed by atoms with E-state index in [2.05, 4.69) is 10.3 Å². The molecule has 0 bridgehead atoms. The lowest BCUT2D eigenvalue weighted by Crippen LogP contribution is -2.33. The Labute approximate surface area is 191 Å². The van der Waals surface area contributed by atoms with E-state index in [0.717, 1.165) is 17.1 Å². The molecular formula is C25H23N3O3S. The Kier molecular flexibility index (Phi) is 6.87. The number of rotatable bonds is 7. The summed E-state index contributed by atoms with van der Waals surface area (Å²) >= 11 is 1.31. The average molecular weight is 446 g/mol. The molecule has 3 aromatic carbocycles. The van der Waals surface area contributed by atoms with Gasteiger partial charge in [-0.05, 0) is 55.5 Å². The molecular weight excluding hydrogens is 422 g/mol. The van der Waals surface area contributed by atoms with Crippen LogP contribution in [0.1, 0.15) is 13.3 Å². The zero-order valence-corrected chi connectivity index (χ0v) is 18.4. The van der Waals surface area contributed by atoms with E-state index in [0.29, 0.717) is 17.5 Å². The minimum atomic E-state index is -0.555. The monoisotopic (exact) mass is 445 g/mol. The minimum absolute atomic E-state index is 0.0495. The molecule has 1 heterocycles.